The molecule has 2 rings (SSSR count). The van der Waals surface area contributed by atoms with E-state index in [1.807, 2.05) is 12.1 Å². The molecule has 0 amide bonds. The van der Waals surface area contributed by atoms with Crippen molar-refractivity contribution in [1.82, 2.24) is 5.32 Å². The van der Waals surface area contributed by atoms with Crippen molar-refractivity contribution in [1.29, 1.82) is 0 Å². The van der Waals surface area contributed by atoms with Crippen molar-refractivity contribution in [3.63, 3.8) is 0 Å². The molecule has 0 saturated heterocycles. The van der Waals surface area contributed by atoms with Crippen LogP contribution in [0.1, 0.15) is 36.6 Å². The van der Waals surface area contributed by atoms with Gasteiger partial charge in [0, 0.05) is 18.8 Å². The lowest BCUT2D eigenvalue weighted by Crippen LogP contribution is -2.36. The highest BCUT2D eigenvalue weighted by atomic mass is 32.2. The van der Waals surface area contributed by atoms with Crippen molar-refractivity contribution < 1.29 is 13.5 Å². The Bertz CT molecular complexity index is 796. The number of aryl methyl sites for hydroxylation is 1. The summed E-state index contributed by atoms with van der Waals surface area (Å²) in [5, 5.41) is 14.1. The van der Waals surface area contributed by atoms with E-state index in [2.05, 4.69) is 31.3 Å². The molecule has 2 N–H and O–H groups in total. The van der Waals surface area contributed by atoms with Crippen LogP contribution in [0.2, 0.25) is 0 Å². The molecule has 24 heavy (non-hydrogen) atoms. The quantitative estimate of drug-likeness (QED) is 0.843. The fourth-order valence-corrected chi connectivity index (χ4v) is 3.33. The van der Waals surface area contributed by atoms with E-state index < -0.39 is 15.4 Å². The molecule has 0 unspecified atom stereocenters. The molecule has 0 fully saturated rings. The van der Waals surface area contributed by atoms with E-state index in [1.54, 1.807) is 19.1 Å². The lowest BCUT2D eigenvalue weighted by atomic mass is 9.95. The molecular formula is C19H25NO3S. The molecule has 0 aliphatic carbocycles. The lowest BCUT2D eigenvalue weighted by Gasteiger charge is -2.27. The maximum Gasteiger partial charge on any atom is 0.175 e. The largest absolute Gasteiger partial charge is 0.384 e. The van der Waals surface area contributed by atoms with Crippen LogP contribution in [0.5, 0.6) is 0 Å². The predicted molar refractivity (Wildman–Crippen MR) is 96.7 cm³/mol. The molecule has 0 radical (unpaired) electrons. The fourth-order valence-electron chi connectivity index (χ4n) is 2.70. The summed E-state index contributed by atoms with van der Waals surface area (Å²) in [6.45, 7) is 6.21. The zero-order chi connectivity index (χ0) is 18.0. The average Bonchev–Trinajstić information content (AvgIpc) is 2.52. The Morgan fingerprint density at radius 3 is 2.25 bits per heavy atom. The Balaban J connectivity index is 2.09. The number of nitrogens with one attached hydrogen (secondary N) is 1. The highest BCUT2D eigenvalue weighted by molar-refractivity contribution is 7.90. The van der Waals surface area contributed by atoms with Crippen molar-refractivity contribution in [2.24, 2.45) is 0 Å². The van der Waals surface area contributed by atoms with Crippen molar-refractivity contribution in [3.8, 4) is 0 Å². The summed E-state index contributed by atoms with van der Waals surface area (Å²) in [7, 11) is -3.23. The molecule has 0 heterocycles. The minimum Gasteiger partial charge on any atom is -0.384 e. The van der Waals surface area contributed by atoms with Crippen molar-refractivity contribution in [3.05, 3.63) is 65.2 Å². The molecule has 0 aliphatic rings. The van der Waals surface area contributed by atoms with Crippen LogP contribution in [0.4, 0.5) is 0 Å². The van der Waals surface area contributed by atoms with E-state index in [9.17, 15) is 13.5 Å². The third-order valence-electron chi connectivity index (χ3n) is 4.31. The van der Waals surface area contributed by atoms with Crippen molar-refractivity contribution >= 4 is 9.84 Å². The molecule has 0 aliphatic heterocycles. The Labute approximate surface area is 144 Å². The number of aliphatic hydroxyl groups is 1. The first-order chi connectivity index (χ1) is 11.1. The molecule has 2 aromatic carbocycles. The second-order valence-corrected chi connectivity index (χ2v) is 8.55. The van der Waals surface area contributed by atoms with Crippen LogP contribution in [-0.4, -0.2) is 26.3 Å². The normalized spacial score (nSPS) is 15.7. The summed E-state index contributed by atoms with van der Waals surface area (Å²) in [4.78, 5) is 0.253. The zero-order valence-electron chi connectivity index (χ0n) is 14.6. The maximum atomic E-state index is 11.5. The highest BCUT2D eigenvalue weighted by Gasteiger charge is 2.24. The zero-order valence-corrected chi connectivity index (χ0v) is 15.4. The first kappa shape index (κ1) is 18.6. The molecule has 0 saturated carbocycles. The van der Waals surface area contributed by atoms with Gasteiger partial charge >= 0.3 is 0 Å². The van der Waals surface area contributed by atoms with Gasteiger partial charge in [-0.3, -0.25) is 0 Å². The fraction of sp³-hybridized carbons (Fsp3) is 0.368. The van der Waals surface area contributed by atoms with Gasteiger partial charge in [0.05, 0.1) is 10.5 Å². The van der Waals surface area contributed by atoms with Gasteiger partial charge in [-0.25, -0.2) is 8.42 Å². The lowest BCUT2D eigenvalue weighted by molar-refractivity contribution is 0.0543. The number of benzene rings is 2. The van der Waals surface area contributed by atoms with Crippen LogP contribution in [0.25, 0.3) is 0 Å². The molecule has 5 heteroatoms. The molecule has 130 valence electrons. The highest BCUT2D eigenvalue weighted by Crippen LogP contribution is 2.24. The smallest absolute Gasteiger partial charge is 0.175 e. The van der Waals surface area contributed by atoms with Crippen molar-refractivity contribution in [2.75, 3.05) is 12.8 Å². The SMILES string of the molecule is Cc1ccccc1[C@@H](C)NC[C@@](C)(O)c1ccc(S(C)(=O)=O)cc1. The molecule has 0 aromatic heterocycles. The van der Waals surface area contributed by atoms with Gasteiger partial charge in [0.2, 0.25) is 0 Å². The van der Waals surface area contributed by atoms with Gasteiger partial charge in [-0.15, -0.1) is 0 Å². The summed E-state index contributed by atoms with van der Waals surface area (Å²) >= 11 is 0. The molecule has 2 aromatic rings. The summed E-state index contributed by atoms with van der Waals surface area (Å²) in [5.41, 5.74) is 1.99. The topological polar surface area (TPSA) is 66.4 Å². The summed E-state index contributed by atoms with van der Waals surface area (Å²) in [6.07, 6.45) is 1.17. The third-order valence-corrected chi connectivity index (χ3v) is 5.44. The Morgan fingerprint density at radius 1 is 1.12 bits per heavy atom. The Morgan fingerprint density at radius 2 is 1.71 bits per heavy atom. The number of rotatable bonds is 6. The van der Waals surface area contributed by atoms with Crippen LogP contribution >= 0.6 is 0 Å². The van der Waals surface area contributed by atoms with E-state index in [0.29, 0.717) is 12.1 Å². The third kappa shape index (κ3) is 4.44. The second kappa shape index (κ2) is 7.05. The van der Waals surface area contributed by atoms with Crippen LogP contribution in [-0.2, 0) is 15.4 Å². The van der Waals surface area contributed by atoms with Gasteiger partial charge in [-0.2, -0.15) is 0 Å². The predicted octanol–water partition coefficient (Wildman–Crippen LogP) is 2.96. The minimum absolute atomic E-state index is 0.105. The van der Waals surface area contributed by atoms with Crippen LogP contribution < -0.4 is 5.32 Å². The van der Waals surface area contributed by atoms with E-state index in [-0.39, 0.29) is 10.9 Å². The van der Waals surface area contributed by atoms with Gasteiger partial charge < -0.3 is 10.4 Å². The Kier molecular flexibility index (Phi) is 5.48. The molecule has 2 atom stereocenters. The number of hydrogen-bond acceptors (Lipinski definition) is 4. The van der Waals surface area contributed by atoms with E-state index in [1.165, 1.54) is 29.5 Å². The average molecular weight is 347 g/mol. The van der Waals surface area contributed by atoms with Gasteiger partial charge in [0.1, 0.15) is 0 Å². The summed E-state index contributed by atoms with van der Waals surface area (Å²) in [5.74, 6) is 0. The number of hydrogen-bond donors (Lipinski definition) is 2. The first-order valence-corrected chi connectivity index (χ1v) is 9.82. The van der Waals surface area contributed by atoms with Crippen LogP contribution in [0.3, 0.4) is 0 Å². The first-order valence-electron chi connectivity index (χ1n) is 7.93. The Hall–Kier alpha value is -1.69. The van der Waals surface area contributed by atoms with Gasteiger partial charge in [-0.05, 0) is 49.6 Å². The van der Waals surface area contributed by atoms with Crippen LogP contribution in [0.15, 0.2) is 53.4 Å². The second-order valence-electron chi connectivity index (χ2n) is 6.53. The van der Waals surface area contributed by atoms with Crippen molar-refractivity contribution in [2.45, 2.75) is 37.3 Å². The monoisotopic (exact) mass is 347 g/mol. The maximum absolute atomic E-state index is 11.5. The van der Waals surface area contributed by atoms with Gasteiger partial charge in [-0.1, -0.05) is 36.4 Å². The van der Waals surface area contributed by atoms with Gasteiger partial charge in [0.15, 0.2) is 9.84 Å². The molecule has 0 spiro atoms. The van der Waals surface area contributed by atoms with E-state index >= 15 is 0 Å². The van der Waals surface area contributed by atoms with Crippen LogP contribution in [0, 0.1) is 6.92 Å². The standard InChI is InChI=1S/C19H25NO3S/c1-14-7-5-6-8-18(14)15(2)20-13-19(3,21)16-9-11-17(12-10-16)24(4,22)23/h5-12,15,20-21H,13H2,1-4H3/t15-,19-/m1/s1. The minimum atomic E-state index is -3.23. The molecular weight excluding hydrogens is 322 g/mol. The number of sulfone groups is 1. The van der Waals surface area contributed by atoms with Gasteiger partial charge in [0.25, 0.3) is 0 Å². The summed E-state index contributed by atoms with van der Waals surface area (Å²) in [6, 6.07) is 14.6. The van der Waals surface area contributed by atoms with E-state index in [0.717, 1.165) is 0 Å². The molecule has 0 bridgehead atoms. The van der Waals surface area contributed by atoms with E-state index in [4.69, 9.17) is 0 Å². The summed E-state index contributed by atoms with van der Waals surface area (Å²) < 4.78 is 23.0. The molecule has 4 nitrogen and oxygen atoms in total.